The monoisotopic (exact) mass is 518 g/mol. The van der Waals surface area contributed by atoms with E-state index in [1.54, 1.807) is 7.05 Å². The SMILES string of the molecule is CCOC1CC(NC(=NC)NCc2nc(C(F)(F)F)cs2)C12CCCC2.I. The summed E-state index contributed by atoms with van der Waals surface area (Å²) in [6.45, 7) is 2.96. The lowest BCUT2D eigenvalue weighted by molar-refractivity contribution is -0.140. The van der Waals surface area contributed by atoms with E-state index in [0.717, 1.165) is 42.6 Å². The van der Waals surface area contributed by atoms with Gasteiger partial charge in [0.2, 0.25) is 0 Å². The number of guanidine groups is 1. The van der Waals surface area contributed by atoms with Crippen molar-refractivity contribution in [2.75, 3.05) is 13.7 Å². The molecule has 0 saturated heterocycles. The van der Waals surface area contributed by atoms with E-state index in [-0.39, 0.29) is 42.0 Å². The second-order valence-corrected chi connectivity index (χ2v) is 7.81. The van der Waals surface area contributed by atoms with Crippen LogP contribution in [0.25, 0.3) is 0 Å². The fraction of sp³-hybridized carbons (Fsp3) is 0.765. The van der Waals surface area contributed by atoms with Crippen molar-refractivity contribution in [3.05, 3.63) is 16.1 Å². The Hall–Kier alpha value is -0.620. The highest BCUT2D eigenvalue weighted by Crippen LogP contribution is 2.54. The summed E-state index contributed by atoms with van der Waals surface area (Å²) in [4.78, 5) is 7.85. The number of aromatic nitrogens is 1. The third-order valence-electron chi connectivity index (χ3n) is 5.47. The van der Waals surface area contributed by atoms with Crippen LogP contribution >= 0.6 is 35.3 Å². The lowest BCUT2D eigenvalue weighted by atomic mass is 9.60. The zero-order valence-electron chi connectivity index (χ0n) is 15.4. The fourth-order valence-corrected chi connectivity index (χ4v) is 4.87. The molecule has 1 aromatic rings. The number of aliphatic imine (C=N–C) groups is 1. The van der Waals surface area contributed by atoms with E-state index >= 15 is 0 Å². The Morgan fingerprint density at radius 3 is 2.67 bits per heavy atom. The average molecular weight is 518 g/mol. The maximum absolute atomic E-state index is 12.6. The smallest absolute Gasteiger partial charge is 0.378 e. The molecule has 2 aliphatic carbocycles. The van der Waals surface area contributed by atoms with Gasteiger partial charge in [-0.1, -0.05) is 12.8 Å². The number of thiazole rings is 1. The maximum Gasteiger partial charge on any atom is 0.434 e. The molecule has 2 atom stereocenters. The van der Waals surface area contributed by atoms with Crippen LogP contribution in [0.1, 0.15) is 49.7 Å². The van der Waals surface area contributed by atoms with Gasteiger partial charge in [-0.25, -0.2) is 4.98 Å². The first-order valence-corrected chi connectivity index (χ1v) is 9.87. The molecule has 1 aromatic heterocycles. The number of hydrogen-bond acceptors (Lipinski definition) is 4. The zero-order chi connectivity index (χ0) is 18.8. The van der Waals surface area contributed by atoms with Crippen molar-refractivity contribution in [1.29, 1.82) is 0 Å². The lowest BCUT2D eigenvalue weighted by Gasteiger charge is -2.54. The Morgan fingerprint density at radius 1 is 1.41 bits per heavy atom. The molecule has 1 heterocycles. The van der Waals surface area contributed by atoms with Gasteiger partial charge in [-0.2, -0.15) is 13.2 Å². The summed E-state index contributed by atoms with van der Waals surface area (Å²) in [5.74, 6) is 0.597. The number of nitrogens with one attached hydrogen (secondary N) is 2. The molecular formula is C17H26F3IN4OS. The first kappa shape index (κ1) is 22.7. The summed E-state index contributed by atoms with van der Waals surface area (Å²) in [5.41, 5.74) is -0.677. The lowest BCUT2D eigenvalue weighted by Crippen LogP contribution is -2.65. The minimum Gasteiger partial charge on any atom is -0.378 e. The highest BCUT2D eigenvalue weighted by atomic mass is 127. The first-order chi connectivity index (χ1) is 12.4. The molecular weight excluding hydrogens is 492 g/mol. The quantitative estimate of drug-likeness (QED) is 0.349. The molecule has 0 radical (unpaired) electrons. The molecule has 5 nitrogen and oxygen atoms in total. The predicted molar refractivity (Wildman–Crippen MR) is 111 cm³/mol. The van der Waals surface area contributed by atoms with Gasteiger partial charge >= 0.3 is 6.18 Å². The van der Waals surface area contributed by atoms with E-state index in [9.17, 15) is 13.2 Å². The van der Waals surface area contributed by atoms with Gasteiger partial charge in [0, 0.05) is 30.5 Å². The summed E-state index contributed by atoms with van der Waals surface area (Å²) in [7, 11) is 1.67. The summed E-state index contributed by atoms with van der Waals surface area (Å²) in [5, 5.41) is 7.95. The number of ether oxygens (including phenoxy) is 1. The van der Waals surface area contributed by atoms with Gasteiger partial charge in [0.15, 0.2) is 11.7 Å². The summed E-state index contributed by atoms with van der Waals surface area (Å²) >= 11 is 0.997. The third kappa shape index (κ3) is 4.87. The van der Waals surface area contributed by atoms with Gasteiger partial charge in [-0.05, 0) is 26.2 Å². The normalized spacial score (nSPS) is 24.4. The van der Waals surface area contributed by atoms with Crippen LogP contribution in [0.3, 0.4) is 0 Å². The van der Waals surface area contributed by atoms with Crippen molar-refractivity contribution < 1.29 is 17.9 Å². The predicted octanol–water partition coefficient (Wildman–Crippen LogP) is 4.18. The van der Waals surface area contributed by atoms with Crippen LogP contribution in [-0.2, 0) is 17.5 Å². The average Bonchev–Trinajstić information content (AvgIpc) is 3.27. The van der Waals surface area contributed by atoms with Crippen LogP contribution in [0.15, 0.2) is 10.4 Å². The number of hydrogen-bond donors (Lipinski definition) is 2. The Balaban J connectivity index is 0.00000261. The van der Waals surface area contributed by atoms with E-state index in [4.69, 9.17) is 4.74 Å². The van der Waals surface area contributed by atoms with Crippen molar-refractivity contribution in [3.8, 4) is 0 Å². The highest BCUT2D eigenvalue weighted by molar-refractivity contribution is 14.0. The van der Waals surface area contributed by atoms with E-state index in [1.807, 2.05) is 6.92 Å². The largest absolute Gasteiger partial charge is 0.434 e. The second-order valence-electron chi connectivity index (χ2n) is 6.87. The summed E-state index contributed by atoms with van der Waals surface area (Å²) < 4.78 is 43.8. The highest BCUT2D eigenvalue weighted by Gasteiger charge is 2.56. The molecule has 154 valence electrons. The molecule has 27 heavy (non-hydrogen) atoms. The maximum atomic E-state index is 12.6. The van der Waals surface area contributed by atoms with Crippen LogP contribution in [0.4, 0.5) is 13.2 Å². The number of alkyl halides is 3. The van der Waals surface area contributed by atoms with Gasteiger partial charge in [0.05, 0.1) is 12.6 Å². The van der Waals surface area contributed by atoms with Crippen molar-refractivity contribution in [1.82, 2.24) is 15.6 Å². The second kappa shape index (κ2) is 9.25. The molecule has 1 spiro atoms. The van der Waals surface area contributed by atoms with Gasteiger partial charge < -0.3 is 15.4 Å². The molecule has 0 bridgehead atoms. The Morgan fingerprint density at radius 2 is 2.11 bits per heavy atom. The summed E-state index contributed by atoms with van der Waals surface area (Å²) in [6.07, 6.45) is 1.55. The van der Waals surface area contributed by atoms with Crippen molar-refractivity contribution in [3.63, 3.8) is 0 Å². The molecule has 2 saturated carbocycles. The molecule has 0 aromatic carbocycles. The molecule has 10 heteroatoms. The Labute approximate surface area is 178 Å². The number of halogens is 4. The van der Waals surface area contributed by atoms with Crippen LogP contribution in [0, 0.1) is 5.41 Å². The minimum absolute atomic E-state index is 0. The van der Waals surface area contributed by atoms with E-state index in [1.165, 1.54) is 12.8 Å². The van der Waals surface area contributed by atoms with Crippen molar-refractivity contribution >= 4 is 41.3 Å². The van der Waals surface area contributed by atoms with Gasteiger partial charge in [0.25, 0.3) is 0 Å². The fourth-order valence-electron chi connectivity index (χ4n) is 4.13. The third-order valence-corrected chi connectivity index (χ3v) is 6.32. The molecule has 3 rings (SSSR count). The Bertz CT molecular complexity index is 646. The Kier molecular flexibility index (Phi) is 7.77. The van der Waals surface area contributed by atoms with Gasteiger partial charge in [-0.15, -0.1) is 35.3 Å². The van der Waals surface area contributed by atoms with Crippen LogP contribution in [0.5, 0.6) is 0 Å². The molecule has 2 N–H and O–H groups in total. The van der Waals surface area contributed by atoms with Gasteiger partial charge in [-0.3, -0.25) is 4.99 Å². The van der Waals surface area contributed by atoms with Crippen molar-refractivity contribution in [2.45, 2.75) is 63.9 Å². The van der Waals surface area contributed by atoms with E-state index < -0.39 is 11.9 Å². The van der Waals surface area contributed by atoms with E-state index in [0.29, 0.717) is 17.1 Å². The van der Waals surface area contributed by atoms with E-state index in [2.05, 4.69) is 20.6 Å². The van der Waals surface area contributed by atoms with Crippen LogP contribution in [0.2, 0.25) is 0 Å². The molecule has 0 amide bonds. The molecule has 2 unspecified atom stereocenters. The standard InChI is InChI=1S/C17H25F3N4OS.HI/c1-3-25-13-8-11(16(13)6-4-5-7-16)24-15(21-2)22-9-14-23-12(10-26-14)17(18,19)20;/h10-11,13H,3-9H2,1-2H3,(H2,21,22,24);1H. The molecule has 2 aliphatic rings. The van der Waals surface area contributed by atoms with Crippen molar-refractivity contribution in [2.24, 2.45) is 10.4 Å². The first-order valence-electron chi connectivity index (χ1n) is 8.99. The summed E-state index contributed by atoms with van der Waals surface area (Å²) in [6, 6.07) is 0.287. The zero-order valence-corrected chi connectivity index (χ0v) is 18.6. The minimum atomic E-state index is -4.40. The van der Waals surface area contributed by atoms with Gasteiger partial charge in [0.1, 0.15) is 5.01 Å². The topological polar surface area (TPSA) is 58.5 Å². The molecule has 0 aliphatic heterocycles. The van der Waals surface area contributed by atoms with Crippen LogP contribution in [-0.4, -0.2) is 36.7 Å². The number of rotatable bonds is 5. The number of nitrogens with zero attached hydrogens (tertiary/aromatic N) is 2. The molecule has 2 fully saturated rings. The van der Waals surface area contributed by atoms with Crippen LogP contribution < -0.4 is 10.6 Å².